The third-order valence-electron chi connectivity index (χ3n) is 4.56. The Balaban J connectivity index is 1.61. The number of phenols is 1. The van der Waals surface area contributed by atoms with Gasteiger partial charge in [0.1, 0.15) is 28.2 Å². The highest BCUT2D eigenvalue weighted by molar-refractivity contribution is 8.00. The standard InChI is InChI=1S/C22H16ClN3O3S2/c1-12(20(29)26-17-8-13(9-27)2-7-18(17)28)31-22-19-16(10-30-21(19)24-11-25-22)14-3-5-15(23)6-4-14/h2-12,28H,1H3,(H,26,29). The summed E-state index contributed by atoms with van der Waals surface area (Å²) in [6.45, 7) is 1.75. The number of aldehydes is 1. The largest absolute Gasteiger partial charge is 0.506 e. The molecular formula is C22H16ClN3O3S2. The molecule has 2 N–H and O–H groups in total. The molecule has 2 aromatic heterocycles. The van der Waals surface area contributed by atoms with E-state index in [1.807, 2.05) is 29.6 Å². The van der Waals surface area contributed by atoms with E-state index < -0.39 is 5.25 Å². The fourth-order valence-electron chi connectivity index (χ4n) is 2.96. The van der Waals surface area contributed by atoms with Crippen LogP contribution in [0.25, 0.3) is 21.3 Å². The van der Waals surface area contributed by atoms with Gasteiger partial charge in [-0.25, -0.2) is 9.97 Å². The second-order valence-electron chi connectivity index (χ2n) is 6.66. The number of carbonyl (C=O) groups excluding carboxylic acids is 2. The van der Waals surface area contributed by atoms with E-state index in [4.69, 9.17) is 11.6 Å². The van der Waals surface area contributed by atoms with Gasteiger partial charge in [-0.3, -0.25) is 9.59 Å². The van der Waals surface area contributed by atoms with Gasteiger partial charge in [-0.05, 0) is 42.8 Å². The van der Waals surface area contributed by atoms with Crippen molar-refractivity contribution < 1.29 is 14.7 Å². The van der Waals surface area contributed by atoms with Crippen molar-refractivity contribution in [1.29, 1.82) is 0 Å². The Kier molecular flexibility index (Phi) is 6.22. The molecule has 6 nitrogen and oxygen atoms in total. The van der Waals surface area contributed by atoms with Crippen LogP contribution in [-0.4, -0.2) is 32.5 Å². The molecule has 0 saturated heterocycles. The summed E-state index contributed by atoms with van der Waals surface area (Å²) < 4.78 is 0. The smallest absolute Gasteiger partial charge is 0.237 e. The molecule has 9 heteroatoms. The van der Waals surface area contributed by atoms with Gasteiger partial charge in [0.15, 0.2) is 0 Å². The van der Waals surface area contributed by atoms with Gasteiger partial charge in [-0.2, -0.15) is 0 Å². The Bertz CT molecular complexity index is 1270. The first-order valence-electron chi connectivity index (χ1n) is 9.20. The van der Waals surface area contributed by atoms with E-state index in [2.05, 4.69) is 15.3 Å². The third kappa shape index (κ3) is 4.56. The van der Waals surface area contributed by atoms with Crippen LogP contribution in [-0.2, 0) is 4.79 Å². The van der Waals surface area contributed by atoms with Gasteiger partial charge in [-0.15, -0.1) is 11.3 Å². The molecule has 4 aromatic rings. The number of aromatic nitrogens is 2. The maximum Gasteiger partial charge on any atom is 0.237 e. The number of aromatic hydroxyl groups is 1. The summed E-state index contributed by atoms with van der Waals surface area (Å²) in [6.07, 6.45) is 2.14. The van der Waals surface area contributed by atoms with Crippen LogP contribution < -0.4 is 5.32 Å². The molecule has 0 saturated carbocycles. The van der Waals surface area contributed by atoms with E-state index in [0.717, 1.165) is 21.3 Å². The monoisotopic (exact) mass is 469 g/mol. The fraction of sp³-hybridized carbons (Fsp3) is 0.0909. The lowest BCUT2D eigenvalue weighted by Crippen LogP contribution is -2.22. The predicted molar refractivity (Wildman–Crippen MR) is 125 cm³/mol. The maximum absolute atomic E-state index is 12.7. The zero-order chi connectivity index (χ0) is 22.0. The zero-order valence-electron chi connectivity index (χ0n) is 16.2. The highest BCUT2D eigenvalue weighted by atomic mass is 35.5. The number of thioether (sulfide) groups is 1. The zero-order valence-corrected chi connectivity index (χ0v) is 18.6. The van der Waals surface area contributed by atoms with Crippen molar-refractivity contribution in [3.8, 4) is 16.9 Å². The summed E-state index contributed by atoms with van der Waals surface area (Å²) in [6, 6.07) is 11.8. The number of amides is 1. The van der Waals surface area contributed by atoms with Gasteiger partial charge < -0.3 is 10.4 Å². The molecule has 0 aliphatic rings. The van der Waals surface area contributed by atoms with Crippen LogP contribution in [0.15, 0.2) is 59.2 Å². The van der Waals surface area contributed by atoms with E-state index in [-0.39, 0.29) is 17.3 Å². The fourth-order valence-corrected chi connectivity index (χ4v) is 5.00. The van der Waals surface area contributed by atoms with E-state index in [1.165, 1.54) is 47.6 Å². The van der Waals surface area contributed by atoms with Crippen LogP contribution in [0.1, 0.15) is 17.3 Å². The van der Waals surface area contributed by atoms with Crippen molar-refractivity contribution in [3.05, 3.63) is 64.8 Å². The number of hydrogen-bond acceptors (Lipinski definition) is 7. The number of carbonyl (C=O) groups is 2. The lowest BCUT2D eigenvalue weighted by Gasteiger charge is -2.13. The number of thiophene rings is 1. The summed E-state index contributed by atoms with van der Waals surface area (Å²) in [5.41, 5.74) is 2.51. The van der Waals surface area contributed by atoms with Gasteiger partial charge in [-0.1, -0.05) is 35.5 Å². The molecule has 0 aliphatic heterocycles. The minimum Gasteiger partial charge on any atom is -0.506 e. The quantitative estimate of drug-likeness (QED) is 0.164. The Morgan fingerprint density at radius 3 is 2.74 bits per heavy atom. The summed E-state index contributed by atoms with van der Waals surface area (Å²) in [4.78, 5) is 33.3. The molecule has 1 amide bonds. The van der Waals surface area contributed by atoms with Crippen molar-refractivity contribution in [2.75, 3.05) is 5.32 Å². The number of rotatable bonds is 6. The number of halogens is 1. The molecular weight excluding hydrogens is 454 g/mol. The molecule has 0 aliphatic carbocycles. The number of fused-ring (bicyclic) bond motifs is 1. The lowest BCUT2D eigenvalue weighted by molar-refractivity contribution is -0.115. The molecule has 0 spiro atoms. The van der Waals surface area contributed by atoms with Gasteiger partial charge in [0, 0.05) is 21.5 Å². The summed E-state index contributed by atoms with van der Waals surface area (Å²) >= 11 is 8.82. The first-order valence-corrected chi connectivity index (χ1v) is 11.3. The van der Waals surface area contributed by atoms with Crippen molar-refractivity contribution >= 4 is 62.8 Å². The molecule has 0 radical (unpaired) electrons. The average molecular weight is 470 g/mol. The molecule has 2 heterocycles. The molecule has 156 valence electrons. The van der Waals surface area contributed by atoms with E-state index in [1.54, 1.807) is 6.92 Å². The number of hydrogen-bond donors (Lipinski definition) is 2. The van der Waals surface area contributed by atoms with E-state index in [0.29, 0.717) is 21.9 Å². The van der Waals surface area contributed by atoms with Gasteiger partial charge in [0.05, 0.1) is 16.3 Å². The minimum absolute atomic E-state index is 0.108. The van der Waals surface area contributed by atoms with Gasteiger partial charge in [0.25, 0.3) is 0 Å². The molecule has 4 rings (SSSR count). The molecule has 2 aromatic carbocycles. The second-order valence-corrected chi connectivity index (χ2v) is 9.28. The van der Waals surface area contributed by atoms with Crippen LogP contribution in [0.2, 0.25) is 5.02 Å². The van der Waals surface area contributed by atoms with Gasteiger partial charge >= 0.3 is 0 Å². The maximum atomic E-state index is 12.7. The third-order valence-corrected chi connectivity index (χ3v) is 6.80. The Morgan fingerprint density at radius 2 is 2.00 bits per heavy atom. The van der Waals surface area contributed by atoms with Crippen LogP contribution in [0.4, 0.5) is 5.69 Å². The Morgan fingerprint density at radius 1 is 1.23 bits per heavy atom. The number of benzene rings is 2. The molecule has 0 fully saturated rings. The predicted octanol–water partition coefficient (Wildman–Crippen LogP) is 5.65. The van der Waals surface area contributed by atoms with Gasteiger partial charge in [0.2, 0.25) is 5.91 Å². The first-order chi connectivity index (χ1) is 15.0. The second kappa shape index (κ2) is 9.05. The van der Waals surface area contributed by atoms with Crippen molar-refractivity contribution in [3.63, 3.8) is 0 Å². The SMILES string of the molecule is CC(Sc1ncnc2scc(-c3ccc(Cl)cc3)c12)C(=O)Nc1cc(C=O)ccc1O. The van der Waals surface area contributed by atoms with Crippen molar-refractivity contribution in [2.45, 2.75) is 17.2 Å². The lowest BCUT2D eigenvalue weighted by atomic mass is 10.1. The summed E-state index contributed by atoms with van der Waals surface area (Å²) in [5, 5.41) is 16.4. The first kappa shape index (κ1) is 21.3. The normalized spacial score (nSPS) is 11.9. The number of nitrogens with zero attached hydrogens (tertiary/aromatic N) is 2. The molecule has 1 unspecified atom stereocenters. The number of anilines is 1. The summed E-state index contributed by atoms with van der Waals surface area (Å²) in [7, 11) is 0. The highest BCUT2D eigenvalue weighted by Gasteiger charge is 2.21. The summed E-state index contributed by atoms with van der Waals surface area (Å²) in [5.74, 6) is -0.429. The van der Waals surface area contributed by atoms with Crippen LogP contribution in [0.5, 0.6) is 5.75 Å². The molecule has 31 heavy (non-hydrogen) atoms. The van der Waals surface area contributed by atoms with Crippen molar-refractivity contribution in [2.24, 2.45) is 0 Å². The topological polar surface area (TPSA) is 92.2 Å². The van der Waals surface area contributed by atoms with Crippen LogP contribution >= 0.6 is 34.7 Å². The Hall–Kier alpha value is -2.94. The highest BCUT2D eigenvalue weighted by Crippen LogP contribution is 2.39. The van der Waals surface area contributed by atoms with E-state index in [9.17, 15) is 14.7 Å². The van der Waals surface area contributed by atoms with Crippen molar-refractivity contribution in [1.82, 2.24) is 9.97 Å². The Labute approximate surface area is 191 Å². The number of phenolic OH excluding ortho intramolecular Hbond substituents is 1. The van der Waals surface area contributed by atoms with E-state index >= 15 is 0 Å². The molecule has 0 bridgehead atoms. The minimum atomic E-state index is -0.518. The van der Waals surface area contributed by atoms with Crippen LogP contribution in [0, 0.1) is 0 Å². The van der Waals surface area contributed by atoms with Crippen LogP contribution in [0.3, 0.4) is 0 Å². The molecule has 1 atom stereocenters. The number of nitrogens with one attached hydrogen (secondary N) is 1. The average Bonchev–Trinajstić information content (AvgIpc) is 3.21.